The van der Waals surface area contributed by atoms with Crippen molar-refractivity contribution in [2.75, 3.05) is 19.9 Å². The van der Waals surface area contributed by atoms with E-state index in [9.17, 15) is 14.4 Å². The molecule has 0 spiro atoms. The zero-order valence-electron chi connectivity index (χ0n) is 13.3. The van der Waals surface area contributed by atoms with Gasteiger partial charge < -0.3 is 19.5 Å². The molecule has 1 amide bonds. The molecule has 0 fully saturated rings. The molecule has 7 heteroatoms. The van der Waals surface area contributed by atoms with E-state index in [0.29, 0.717) is 17.1 Å². The number of hydrogen-bond acceptors (Lipinski definition) is 6. The van der Waals surface area contributed by atoms with Crippen LogP contribution in [0.15, 0.2) is 18.2 Å². The first kappa shape index (κ1) is 16.8. The van der Waals surface area contributed by atoms with Gasteiger partial charge in [0.15, 0.2) is 23.9 Å². The van der Waals surface area contributed by atoms with Crippen LogP contribution in [0, 0.1) is 5.41 Å². The molecule has 0 saturated heterocycles. The van der Waals surface area contributed by atoms with Crippen LogP contribution < -0.4 is 14.8 Å². The second-order valence-electron chi connectivity index (χ2n) is 6.08. The summed E-state index contributed by atoms with van der Waals surface area (Å²) in [5, 5.41) is 2.43. The summed E-state index contributed by atoms with van der Waals surface area (Å²) in [6.07, 6.45) is 0. The first-order valence-corrected chi connectivity index (χ1v) is 7.14. The fourth-order valence-corrected chi connectivity index (χ4v) is 1.71. The monoisotopic (exact) mass is 321 g/mol. The Morgan fingerprint density at radius 2 is 1.87 bits per heavy atom. The average molecular weight is 321 g/mol. The minimum absolute atomic E-state index is 0.120. The second-order valence-corrected chi connectivity index (χ2v) is 6.08. The first-order valence-electron chi connectivity index (χ1n) is 7.14. The fourth-order valence-electron chi connectivity index (χ4n) is 1.71. The molecule has 0 aliphatic carbocycles. The largest absolute Gasteiger partial charge is 0.456 e. The van der Waals surface area contributed by atoms with Crippen molar-refractivity contribution in [3.05, 3.63) is 23.8 Å². The summed E-state index contributed by atoms with van der Waals surface area (Å²) in [5.41, 5.74) is -0.233. The highest BCUT2D eigenvalue weighted by Crippen LogP contribution is 2.32. The number of carbonyl (C=O) groups excluding carboxylic acids is 3. The van der Waals surface area contributed by atoms with Crippen molar-refractivity contribution in [2.24, 2.45) is 5.41 Å². The lowest BCUT2D eigenvalue weighted by atomic mass is 9.91. The van der Waals surface area contributed by atoms with Gasteiger partial charge in [-0.2, -0.15) is 0 Å². The molecule has 1 aromatic carbocycles. The van der Waals surface area contributed by atoms with Crippen LogP contribution >= 0.6 is 0 Å². The van der Waals surface area contributed by atoms with E-state index >= 15 is 0 Å². The van der Waals surface area contributed by atoms with Gasteiger partial charge in [-0.15, -0.1) is 0 Å². The van der Waals surface area contributed by atoms with Crippen molar-refractivity contribution in [2.45, 2.75) is 20.8 Å². The molecule has 124 valence electrons. The van der Waals surface area contributed by atoms with Gasteiger partial charge in [0.25, 0.3) is 5.91 Å². The van der Waals surface area contributed by atoms with E-state index in [2.05, 4.69) is 5.32 Å². The normalized spacial score (nSPS) is 12.7. The molecule has 2 rings (SSSR count). The van der Waals surface area contributed by atoms with Crippen LogP contribution in [0.3, 0.4) is 0 Å². The SMILES string of the molecule is CC(C)(C)C(=O)COC(=O)CNC(=O)c1ccc2c(c1)OCO2. The van der Waals surface area contributed by atoms with Crippen LogP contribution in [-0.4, -0.2) is 37.6 Å². The molecule has 1 N–H and O–H groups in total. The maximum atomic E-state index is 12.0. The zero-order valence-corrected chi connectivity index (χ0v) is 13.3. The minimum Gasteiger partial charge on any atom is -0.456 e. The van der Waals surface area contributed by atoms with E-state index in [0.717, 1.165) is 0 Å². The molecule has 7 nitrogen and oxygen atoms in total. The molecule has 0 unspecified atom stereocenters. The Morgan fingerprint density at radius 3 is 2.57 bits per heavy atom. The number of esters is 1. The maximum absolute atomic E-state index is 12.0. The molecule has 0 aromatic heterocycles. The highest BCUT2D eigenvalue weighted by Gasteiger charge is 2.22. The summed E-state index contributed by atoms with van der Waals surface area (Å²) < 4.78 is 15.2. The molecule has 0 atom stereocenters. The smallest absolute Gasteiger partial charge is 0.325 e. The Morgan fingerprint density at radius 1 is 1.17 bits per heavy atom. The Kier molecular flexibility index (Phi) is 4.88. The van der Waals surface area contributed by atoms with E-state index in [-0.39, 0.29) is 25.7 Å². The molecule has 23 heavy (non-hydrogen) atoms. The van der Waals surface area contributed by atoms with Gasteiger partial charge in [0.2, 0.25) is 6.79 Å². The van der Waals surface area contributed by atoms with Crippen LogP contribution in [0.25, 0.3) is 0 Å². The van der Waals surface area contributed by atoms with Gasteiger partial charge in [0, 0.05) is 11.0 Å². The number of amides is 1. The Balaban J connectivity index is 1.80. The molecule has 1 aliphatic heterocycles. The third-order valence-corrected chi connectivity index (χ3v) is 3.23. The number of benzene rings is 1. The van der Waals surface area contributed by atoms with E-state index < -0.39 is 17.3 Å². The van der Waals surface area contributed by atoms with Crippen LogP contribution in [0.1, 0.15) is 31.1 Å². The number of hydrogen-bond donors (Lipinski definition) is 1. The Labute approximate surface area is 133 Å². The number of ketones is 1. The number of carbonyl (C=O) groups is 3. The van der Waals surface area contributed by atoms with Crippen LogP contribution in [-0.2, 0) is 14.3 Å². The highest BCUT2D eigenvalue weighted by molar-refractivity contribution is 5.96. The van der Waals surface area contributed by atoms with Gasteiger partial charge in [-0.1, -0.05) is 20.8 Å². The van der Waals surface area contributed by atoms with Gasteiger partial charge in [0.1, 0.15) is 6.54 Å². The molecule has 1 aromatic rings. The topological polar surface area (TPSA) is 90.9 Å². The summed E-state index contributed by atoms with van der Waals surface area (Å²) in [5.74, 6) is -0.246. The summed E-state index contributed by atoms with van der Waals surface area (Å²) in [6, 6.07) is 4.72. The van der Waals surface area contributed by atoms with Crippen molar-refractivity contribution in [3.8, 4) is 11.5 Å². The second kappa shape index (κ2) is 6.68. The van der Waals surface area contributed by atoms with Gasteiger partial charge in [-0.05, 0) is 18.2 Å². The van der Waals surface area contributed by atoms with Crippen molar-refractivity contribution in [3.63, 3.8) is 0 Å². The summed E-state index contributed by atoms with van der Waals surface area (Å²) in [7, 11) is 0. The molecule has 0 bridgehead atoms. The van der Waals surface area contributed by atoms with E-state index in [4.69, 9.17) is 14.2 Å². The number of fused-ring (bicyclic) bond motifs is 1. The van der Waals surface area contributed by atoms with E-state index in [1.807, 2.05) is 0 Å². The lowest BCUT2D eigenvalue weighted by molar-refractivity contribution is -0.149. The number of nitrogens with one attached hydrogen (secondary N) is 1. The molecule has 1 aliphatic rings. The summed E-state index contributed by atoms with van der Waals surface area (Å²) >= 11 is 0. The Hall–Kier alpha value is -2.57. The highest BCUT2D eigenvalue weighted by atomic mass is 16.7. The fraction of sp³-hybridized carbons (Fsp3) is 0.438. The number of Topliss-reactive ketones (excluding diaryl/α,β-unsaturated/α-hetero) is 1. The molecular formula is C16H19NO6. The quantitative estimate of drug-likeness (QED) is 0.822. The van der Waals surface area contributed by atoms with Crippen LogP contribution in [0.5, 0.6) is 11.5 Å². The van der Waals surface area contributed by atoms with Crippen LogP contribution in [0.2, 0.25) is 0 Å². The van der Waals surface area contributed by atoms with Crippen molar-refractivity contribution >= 4 is 17.7 Å². The lowest BCUT2D eigenvalue weighted by Gasteiger charge is -2.16. The predicted molar refractivity (Wildman–Crippen MR) is 80.3 cm³/mol. The lowest BCUT2D eigenvalue weighted by Crippen LogP contribution is -2.33. The van der Waals surface area contributed by atoms with Crippen molar-refractivity contribution in [1.82, 2.24) is 5.32 Å². The van der Waals surface area contributed by atoms with E-state index in [1.165, 1.54) is 6.07 Å². The van der Waals surface area contributed by atoms with E-state index in [1.54, 1.807) is 32.9 Å². The molecule has 0 saturated carbocycles. The molecule has 1 heterocycles. The standard InChI is InChI=1S/C16H19NO6/c1-16(2,3)13(18)8-21-14(19)7-17-15(20)10-4-5-11-12(6-10)23-9-22-11/h4-6H,7-9H2,1-3H3,(H,17,20). The first-order chi connectivity index (χ1) is 10.8. The third kappa shape index (κ3) is 4.45. The zero-order chi connectivity index (χ0) is 17.0. The minimum atomic E-state index is -0.670. The molecule has 0 radical (unpaired) electrons. The van der Waals surface area contributed by atoms with Gasteiger partial charge >= 0.3 is 5.97 Å². The number of rotatable bonds is 5. The van der Waals surface area contributed by atoms with Gasteiger partial charge in [-0.3, -0.25) is 14.4 Å². The van der Waals surface area contributed by atoms with Crippen molar-refractivity contribution in [1.29, 1.82) is 0 Å². The number of ether oxygens (including phenoxy) is 3. The predicted octanol–water partition coefficient (Wildman–Crippen LogP) is 1.30. The van der Waals surface area contributed by atoms with Gasteiger partial charge in [-0.25, -0.2) is 0 Å². The van der Waals surface area contributed by atoms with Gasteiger partial charge in [0.05, 0.1) is 0 Å². The Bertz CT molecular complexity index is 632. The van der Waals surface area contributed by atoms with Crippen LogP contribution in [0.4, 0.5) is 0 Å². The third-order valence-electron chi connectivity index (χ3n) is 3.23. The maximum Gasteiger partial charge on any atom is 0.325 e. The summed E-state index contributed by atoms with van der Waals surface area (Å²) in [4.78, 5) is 35.2. The average Bonchev–Trinajstić information content (AvgIpc) is 2.96. The van der Waals surface area contributed by atoms with Crippen molar-refractivity contribution < 1.29 is 28.6 Å². The molecular weight excluding hydrogens is 302 g/mol. The summed E-state index contributed by atoms with van der Waals surface area (Å²) in [6.45, 7) is 4.72.